The minimum atomic E-state index is -0.980. The highest BCUT2D eigenvalue weighted by Crippen LogP contribution is 2.30. The summed E-state index contributed by atoms with van der Waals surface area (Å²) in [6.45, 7) is 1.07. The van der Waals surface area contributed by atoms with Gasteiger partial charge in [0, 0.05) is 29.2 Å². The van der Waals surface area contributed by atoms with E-state index in [1.165, 1.54) is 12.1 Å². The number of methoxy groups -OCH3 is 1. The average Bonchev–Trinajstić information content (AvgIpc) is 2.91. The predicted molar refractivity (Wildman–Crippen MR) is 131 cm³/mol. The Morgan fingerprint density at radius 1 is 1.11 bits per heavy atom. The number of benzene rings is 2. The van der Waals surface area contributed by atoms with Gasteiger partial charge in [0.15, 0.2) is 11.5 Å². The third kappa shape index (κ3) is 5.60. The fourth-order valence-corrected chi connectivity index (χ4v) is 3.67. The molecule has 1 atom stereocenters. The lowest BCUT2D eigenvalue weighted by Gasteiger charge is -2.29. The Labute approximate surface area is 207 Å². The molecule has 1 N–H and O–H groups in total. The number of halogens is 1. The fourth-order valence-electron chi connectivity index (χ4n) is 3.67. The maximum atomic E-state index is 12.6. The summed E-state index contributed by atoms with van der Waals surface area (Å²) >= 11 is 0. The zero-order chi connectivity index (χ0) is 25.5. The summed E-state index contributed by atoms with van der Waals surface area (Å²) < 4.78 is 28.5. The highest BCUT2D eigenvalue weighted by atomic mass is 19.1. The van der Waals surface area contributed by atoms with Crippen molar-refractivity contribution in [2.75, 3.05) is 19.3 Å². The predicted octanol–water partition coefficient (Wildman–Crippen LogP) is 4.78. The lowest BCUT2D eigenvalue weighted by Crippen LogP contribution is -2.41. The lowest BCUT2D eigenvalue weighted by atomic mass is 10.0. The van der Waals surface area contributed by atoms with Crippen LogP contribution in [0, 0.1) is 0 Å². The van der Waals surface area contributed by atoms with Crippen LogP contribution in [0.5, 0.6) is 11.5 Å². The zero-order valence-corrected chi connectivity index (χ0v) is 19.8. The van der Waals surface area contributed by atoms with E-state index in [1.54, 1.807) is 67.0 Å². The number of nitrogens with one attached hydrogen (secondary N) is 1. The van der Waals surface area contributed by atoms with Gasteiger partial charge in [0.05, 0.1) is 13.7 Å². The van der Waals surface area contributed by atoms with E-state index >= 15 is 0 Å². The minimum absolute atomic E-state index is 0.164. The van der Waals surface area contributed by atoms with E-state index in [2.05, 4.69) is 15.4 Å². The number of carbonyl (C=O) groups is 2. The van der Waals surface area contributed by atoms with Crippen molar-refractivity contribution in [1.29, 1.82) is 0 Å². The molecule has 0 fully saturated rings. The Balaban J connectivity index is 1.52. The molecule has 3 aromatic rings. The fraction of sp³-hybridized carbons (Fsp3) is 0.231. The van der Waals surface area contributed by atoms with Gasteiger partial charge in [0.2, 0.25) is 6.86 Å². The molecule has 1 aliphatic heterocycles. The highest BCUT2D eigenvalue weighted by Gasteiger charge is 2.31. The summed E-state index contributed by atoms with van der Waals surface area (Å²) in [5.41, 5.74) is 3.11. The van der Waals surface area contributed by atoms with Crippen molar-refractivity contribution in [2.45, 2.75) is 26.0 Å². The third-order valence-electron chi connectivity index (χ3n) is 5.51. The maximum Gasteiger partial charge on any atom is 0.431 e. The van der Waals surface area contributed by atoms with Crippen LogP contribution in [-0.4, -0.2) is 47.8 Å². The first-order valence-corrected chi connectivity index (χ1v) is 11.3. The van der Waals surface area contributed by atoms with Gasteiger partial charge in [0.25, 0.3) is 5.91 Å². The summed E-state index contributed by atoms with van der Waals surface area (Å²) in [5.74, 6) is 0.358. The smallest absolute Gasteiger partial charge is 0.431 e. The molecule has 2 heterocycles. The second-order valence-corrected chi connectivity index (χ2v) is 7.83. The first-order valence-electron chi connectivity index (χ1n) is 11.3. The number of rotatable bonds is 9. The van der Waals surface area contributed by atoms with Crippen LogP contribution < -0.4 is 14.8 Å². The number of amides is 2. The van der Waals surface area contributed by atoms with E-state index in [0.717, 1.165) is 5.56 Å². The van der Waals surface area contributed by atoms with Crippen molar-refractivity contribution >= 4 is 23.4 Å². The van der Waals surface area contributed by atoms with Crippen molar-refractivity contribution in [1.82, 2.24) is 9.99 Å². The minimum Gasteiger partial charge on any atom is -0.493 e. The van der Waals surface area contributed by atoms with Gasteiger partial charge in [-0.2, -0.15) is 10.1 Å². The standard InChI is InChI=1S/C26H25FN4O5/c1-3-21-24(19-6-9-22(35-16-27)23(14-19)34-2)30-31(26(33)36-21)15-17-4-7-20(8-5-17)29-25(32)18-10-12-28-13-11-18/h4-14,21H,3,15-16H2,1-2H3,(H,29,32). The second-order valence-electron chi connectivity index (χ2n) is 7.83. The van der Waals surface area contributed by atoms with E-state index in [0.29, 0.717) is 34.7 Å². The van der Waals surface area contributed by atoms with Crippen molar-refractivity contribution in [3.63, 3.8) is 0 Å². The topological polar surface area (TPSA) is 102 Å². The van der Waals surface area contributed by atoms with Crippen LogP contribution in [0.2, 0.25) is 0 Å². The van der Waals surface area contributed by atoms with Gasteiger partial charge in [-0.15, -0.1) is 0 Å². The van der Waals surface area contributed by atoms with Crippen LogP contribution in [0.15, 0.2) is 72.1 Å². The van der Waals surface area contributed by atoms with Crippen molar-refractivity contribution in [3.05, 3.63) is 83.7 Å². The number of hydrogen-bond donors (Lipinski definition) is 1. The number of alkyl halides is 1. The van der Waals surface area contributed by atoms with Gasteiger partial charge in [0.1, 0.15) is 11.8 Å². The lowest BCUT2D eigenvalue weighted by molar-refractivity contribution is 0.0712. The molecule has 1 unspecified atom stereocenters. The second kappa shape index (κ2) is 11.3. The van der Waals surface area contributed by atoms with E-state index in [4.69, 9.17) is 14.2 Å². The van der Waals surface area contributed by atoms with Gasteiger partial charge >= 0.3 is 6.09 Å². The molecule has 0 bridgehead atoms. The van der Waals surface area contributed by atoms with Gasteiger partial charge in [-0.3, -0.25) is 9.78 Å². The van der Waals surface area contributed by atoms with Crippen LogP contribution in [-0.2, 0) is 11.3 Å². The summed E-state index contributed by atoms with van der Waals surface area (Å²) in [7, 11) is 1.46. The maximum absolute atomic E-state index is 12.6. The largest absolute Gasteiger partial charge is 0.493 e. The molecule has 9 nitrogen and oxygen atoms in total. The Bertz CT molecular complexity index is 1250. The summed E-state index contributed by atoms with van der Waals surface area (Å²) in [4.78, 5) is 28.9. The van der Waals surface area contributed by atoms with E-state index in [-0.39, 0.29) is 18.2 Å². The summed E-state index contributed by atoms with van der Waals surface area (Å²) in [6, 6.07) is 15.3. The molecule has 0 radical (unpaired) electrons. The molecule has 186 valence electrons. The molecule has 1 aromatic heterocycles. The third-order valence-corrected chi connectivity index (χ3v) is 5.51. The number of ether oxygens (including phenoxy) is 3. The van der Waals surface area contributed by atoms with Crippen LogP contribution in [0.3, 0.4) is 0 Å². The normalized spacial score (nSPS) is 15.1. The first-order chi connectivity index (χ1) is 17.5. The van der Waals surface area contributed by atoms with Crippen molar-refractivity contribution in [2.24, 2.45) is 5.10 Å². The van der Waals surface area contributed by atoms with Gasteiger partial charge < -0.3 is 19.5 Å². The Hall–Kier alpha value is -4.47. The number of pyridine rings is 1. The molecule has 0 aliphatic carbocycles. The van der Waals surface area contributed by atoms with Gasteiger partial charge in [-0.25, -0.2) is 9.18 Å². The molecular weight excluding hydrogens is 467 g/mol. The van der Waals surface area contributed by atoms with Crippen LogP contribution in [0.4, 0.5) is 14.9 Å². The van der Waals surface area contributed by atoms with Crippen LogP contribution in [0.25, 0.3) is 0 Å². The van der Waals surface area contributed by atoms with Crippen molar-refractivity contribution < 1.29 is 28.2 Å². The SMILES string of the molecule is CCC1OC(=O)N(Cc2ccc(NC(=O)c3ccncc3)cc2)N=C1c1ccc(OCF)c(OC)c1. The monoisotopic (exact) mass is 492 g/mol. The van der Waals surface area contributed by atoms with Gasteiger partial charge in [-0.1, -0.05) is 19.1 Å². The van der Waals surface area contributed by atoms with Gasteiger partial charge in [-0.05, 0) is 54.4 Å². The Morgan fingerprint density at radius 2 is 1.86 bits per heavy atom. The summed E-state index contributed by atoms with van der Waals surface area (Å²) in [5, 5.41) is 8.63. The molecule has 0 saturated carbocycles. The molecule has 0 saturated heterocycles. The van der Waals surface area contributed by atoms with E-state index < -0.39 is 19.1 Å². The molecule has 2 amide bonds. The van der Waals surface area contributed by atoms with Crippen LogP contribution >= 0.6 is 0 Å². The molecular formula is C26H25FN4O5. The molecule has 0 spiro atoms. The first kappa shape index (κ1) is 24.6. The number of nitrogens with zero attached hydrogens (tertiary/aromatic N) is 3. The molecule has 2 aromatic carbocycles. The van der Waals surface area contributed by atoms with E-state index in [1.807, 2.05) is 6.92 Å². The Kier molecular flexibility index (Phi) is 7.74. The number of carbonyl (C=O) groups excluding carboxylic acids is 2. The zero-order valence-electron chi connectivity index (χ0n) is 19.8. The molecule has 4 rings (SSSR count). The number of anilines is 1. The van der Waals surface area contributed by atoms with E-state index in [9.17, 15) is 14.0 Å². The number of aromatic nitrogens is 1. The summed E-state index contributed by atoms with van der Waals surface area (Å²) in [6.07, 6.45) is 2.52. The average molecular weight is 493 g/mol. The quantitative estimate of drug-likeness (QED) is 0.461. The molecule has 1 aliphatic rings. The number of hydrazone groups is 1. The highest BCUT2D eigenvalue weighted by molar-refractivity contribution is 6.06. The molecule has 36 heavy (non-hydrogen) atoms. The Morgan fingerprint density at radius 3 is 2.53 bits per heavy atom. The molecule has 10 heteroatoms. The van der Waals surface area contributed by atoms with Crippen molar-refractivity contribution in [3.8, 4) is 11.5 Å². The number of cyclic esters (lactones) is 1. The van der Waals surface area contributed by atoms with Crippen LogP contribution in [0.1, 0.15) is 34.8 Å². The number of hydrogen-bond acceptors (Lipinski definition) is 7.